The van der Waals surface area contributed by atoms with Gasteiger partial charge in [-0.15, -0.1) is 0 Å². The summed E-state index contributed by atoms with van der Waals surface area (Å²) in [5.74, 6) is -0.924. The number of aromatic nitrogens is 1. The van der Waals surface area contributed by atoms with E-state index in [1.165, 1.54) is 0 Å². The van der Waals surface area contributed by atoms with Crippen molar-refractivity contribution < 1.29 is 24.2 Å². The molecule has 158 valence electrons. The quantitative estimate of drug-likeness (QED) is 0.614. The van der Waals surface area contributed by atoms with Crippen molar-refractivity contribution in [1.29, 1.82) is 0 Å². The molecule has 31 heavy (non-hydrogen) atoms. The van der Waals surface area contributed by atoms with Crippen molar-refractivity contribution in [3.8, 4) is 5.75 Å². The lowest BCUT2D eigenvalue weighted by molar-refractivity contribution is -0.150. The van der Waals surface area contributed by atoms with Crippen LogP contribution in [-0.2, 0) is 20.7 Å². The summed E-state index contributed by atoms with van der Waals surface area (Å²) < 4.78 is 10.4. The molecule has 0 bridgehead atoms. The van der Waals surface area contributed by atoms with Gasteiger partial charge in [-0.25, -0.2) is 14.6 Å². The highest BCUT2D eigenvalue weighted by Gasteiger charge is 2.28. The normalized spacial score (nSPS) is 14.1. The topological polar surface area (TPSA) is 85.7 Å². The molecule has 1 aliphatic carbocycles. The third kappa shape index (κ3) is 4.43. The number of allylic oxidation sites excluding steroid dienone is 1. The predicted molar refractivity (Wildman–Crippen MR) is 118 cm³/mol. The SMILES string of the molecule is CC(C)OC(=O)COC(=O)c1c2c(nc3ccccc13)/C(=C/c1ccc(O)cc1)CC2. The Hall–Kier alpha value is -3.67. The molecule has 0 fully saturated rings. The van der Waals surface area contributed by atoms with Gasteiger partial charge in [-0.1, -0.05) is 30.3 Å². The van der Waals surface area contributed by atoms with Crippen LogP contribution < -0.4 is 0 Å². The average molecular weight is 417 g/mol. The number of hydrogen-bond acceptors (Lipinski definition) is 6. The molecular weight excluding hydrogens is 394 g/mol. The van der Waals surface area contributed by atoms with Gasteiger partial charge in [0.15, 0.2) is 6.61 Å². The number of esters is 2. The molecule has 1 N–H and O–H groups in total. The Balaban J connectivity index is 1.72. The van der Waals surface area contributed by atoms with E-state index in [2.05, 4.69) is 0 Å². The van der Waals surface area contributed by atoms with Crippen LogP contribution in [0.15, 0.2) is 48.5 Å². The van der Waals surface area contributed by atoms with Crippen molar-refractivity contribution in [2.24, 2.45) is 0 Å². The van der Waals surface area contributed by atoms with E-state index in [9.17, 15) is 14.7 Å². The summed E-state index contributed by atoms with van der Waals surface area (Å²) in [6, 6.07) is 14.3. The van der Waals surface area contributed by atoms with Gasteiger partial charge >= 0.3 is 11.9 Å². The van der Waals surface area contributed by atoms with Gasteiger partial charge in [-0.05, 0) is 67.7 Å². The van der Waals surface area contributed by atoms with Crippen LogP contribution in [0.5, 0.6) is 5.75 Å². The zero-order valence-electron chi connectivity index (χ0n) is 17.4. The van der Waals surface area contributed by atoms with Crippen LogP contribution in [0, 0.1) is 0 Å². The highest BCUT2D eigenvalue weighted by Crippen LogP contribution is 2.37. The Labute approximate surface area is 180 Å². The van der Waals surface area contributed by atoms with E-state index >= 15 is 0 Å². The summed E-state index contributed by atoms with van der Waals surface area (Å²) in [5.41, 5.74) is 4.69. The summed E-state index contributed by atoms with van der Waals surface area (Å²) >= 11 is 0. The predicted octanol–water partition coefficient (Wildman–Crippen LogP) is 4.54. The number of aromatic hydroxyl groups is 1. The van der Waals surface area contributed by atoms with Crippen molar-refractivity contribution in [2.75, 3.05) is 6.61 Å². The molecule has 6 heteroatoms. The molecule has 1 heterocycles. The third-order valence-corrected chi connectivity index (χ3v) is 5.07. The number of carbonyl (C=O) groups excluding carboxylic acids is 2. The molecule has 6 nitrogen and oxygen atoms in total. The molecule has 3 aromatic rings. The lowest BCUT2D eigenvalue weighted by atomic mass is 10.0. The lowest BCUT2D eigenvalue weighted by Gasteiger charge is -2.13. The highest BCUT2D eigenvalue weighted by molar-refractivity contribution is 6.07. The number of para-hydroxylation sites is 1. The Morgan fingerprint density at radius 3 is 2.58 bits per heavy atom. The van der Waals surface area contributed by atoms with E-state index in [1.54, 1.807) is 26.0 Å². The molecule has 0 saturated carbocycles. The minimum absolute atomic E-state index is 0.208. The van der Waals surface area contributed by atoms with Crippen LogP contribution in [-0.4, -0.2) is 34.7 Å². The first-order valence-electron chi connectivity index (χ1n) is 10.2. The van der Waals surface area contributed by atoms with Gasteiger partial charge in [0.25, 0.3) is 0 Å². The van der Waals surface area contributed by atoms with Crippen molar-refractivity contribution in [3.05, 3.63) is 70.9 Å². The first kappa shape index (κ1) is 20.6. The zero-order chi connectivity index (χ0) is 22.0. The molecule has 0 radical (unpaired) electrons. The molecule has 0 aliphatic heterocycles. The van der Waals surface area contributed by atoms with Crippen LogP contribution in [0.3, 0.4) is 0 Å². The number of carbonyl (C=O) groups is 2. The Bertz CT molecular complexity index is 1180. The Morgan fingerprint density at radius 2 is 1.84 bits per heavy atom. The van der Waals surface area contributed by atoms with Gasteiger partial charge in [0.1, 0.15) is 5.75 Å². The van der Waals surface area contributed by atoms with E-state index in [0.717, 1.165) is 28.8 Å². The van der Waals surface area contributed by atoms with Gasteiger partial charge in [-0.3, -0.25) is 0 Å². The number of phenols is 1. The van der Waals surface area contributed by atoms with Crippen molar-refractivity contribution in [3.63, 3.8) is 0 Å². The minimum atomic E-state index is -0.578. The minimum Gasteiger partial charge on any atom is -0.508 e. The molecule has 4 rings (SSSR count). The van der Waals surface area contributed by atoms with Crippen molar-refractivity contribution in [2.45, 2.75) is 32.8 Å². The smallest absolute Gasteiger partial charge is 0.344 e. The van der Waals surface area contributed by atoms with Gasteiger partial charge in [0.2, 0.25) is 0 Å². The molecule has 2 aromatic carbocycles. The van der Waals surface area contributed by atoms with Crippen LogP contribution in [0.2, 0.25) is 0 Å². The van der Waals surface area contributed by atoms with E-state index in [1.807, 2.05) is 42.5 Å². The largest absolute Gasteiger partial charge is 0.508 e. The second-order valence-electron chi connectivity index (χ2n) is 7.71. The van der Waals surface area contributed by atoms with Gasteiger partial charge in [0.05, 0.1) is 22.9 Å². The first-order valence-corrected chi connectivity index (χ1v) is 10.2. The Kier molecular flexibility index (Phi) is 5.71. The second-order valence-corrected chi connectivity index (χ2v) is 7.71. The maximum Gasteiger partial charge on any atom is 0.344 e. The number of fused-ring (bicyclic) bond motifs is 2. The summed E-state index contributed by atoms with van der Waals surface area (Å²) in [6.07, 6.45) is 3.12. The average Bonchev–Trinajstić information content (AvgIpc) is 3.13. The van der Waals surface area contributed by atoms with Gasteiger partial charge in [0, 0.05) is 5.39 Å². The van der Waals surface area contributed by atoms with E-state index in [4.69, 9.17) is 14.5 Å². The molecule has 0 amide bonds. The number of rotatable bonds is 5. The van der Waals surface area contributed by atoms with Gasteiger partial charge < -0.3 is 14.6 Å². The fourth-order valence-electron chi connectivity index (χ4n) is 3.78. The Morgan fingerprint density at radius 1 is 1.10 bits per heavy atom. The molecule has 1 aromatic heterocycles. The fourth-order valence-corrected chi connectivity index (χ4v) is 3.78. The van der Waals surface area contributed by atoms with Crippen LogP contribution in [0.4, 0.5) is 0 Å². The van der Waals surface area contributed by atoms with E-state index < -0.39 is 18.5 Å². The highest BCUT2D eigenvalue weighted by atomic mass is 16.6. The van der Waals surface area contributed by atoms with Gasteiger partial charge in [-0.2, -0.15) is 0 Å². The zero-order valence-corrected chi connectivity index (χ0v) is 17.4. The number of phenolic OH excluding ortho intramolecular Hbond substituents is 1. The number of benzene rings is 2. The number of pyridine rings is 1. The fraction of sp³-hybridized carbons (Fsp3) is 0.240. The first-order chi connectivity index (χ1) is 14.9. The van der Waals surface area contributed by atoms with Crippen molar-refractivity contribution >= 4 is 34.5 Å². The summed E-state index contributed by atoms with van der Waals surface area (Å²) in [5, 5.41) is 10.2. The maximum absolute atomic E-state index is 13.0. The number of ether oxygens (including phenoxy) is 2. The van der Waals surface area contributed by atoms with Crippen LogP contribution >= 0.6 is 0 Å². The summed E-state index contributed by atoms with van der Waals surface area (Å²) in [7, 11) is 0. The summed E-state index contributed by atoms with van der Waals surface area (Å²) in [6.45, 7) is 3.05. The molecule has 0 spiro atoms. The third-order valence-electron chi connectivity index (χ3n) is 5.07. The second kappa shape index (κ2) is 8.60. The molecule has 1 aliphatic rings. The number of hydrogen-bond donors (Lipinski definition) is 1. The number of nitrogens with zero attached hydrogens (tertiary/aromatic N) is 1. The lowest BCUT2D eigenvalue weighted by Crippen LogP contribution is -2.20. The van der Waals surface area contributed by atoms with Crippen LogP contribution in [0.1, 0.15) is 47.4 Å². The van der Waals surface area contributed by atoms with E-state index in [0.29, 0.717) is 22.9 Å². The summed E-state index contributed by atoms with van der Waals surface area (Å²) in [4.78, 5) is 29.6. The molecule has 0 unspecified atom stereocenters. The maximum atomic E-state index is 13.0. The molecular formula is C25H23NO5. The van der Waals surface area contributed by atoms with E-state index in [-0.39, 0.29) is 11.9 Å². The van der Waals surface area contributed by atoms with Crippen LogP contribution in [0.25, 0.3) is 22.6 Å². The molecule has 0 saturated heterocycles. The standard InChI is InChI=1S/C25H23NO5/c1-15(2)31-22(28)14-30-25(29)23-19-5-3-4-6-21(19)26-24-17(9-12-20(23)24)13-16-7-10-18(27)11-8-16/h3-8,10-11,13,15,27H,9,12,14H2,1-2H3/b17-13+. The monoisotopic (exact) mass is 417 g/mol. The van der Waals surface area contributed by atoms with Crippen molar-refractivity contribution in [1.82, 2.24) is 4.98 Å². The molecule has 0 atom stereocenters.